The molecule has 0 unspecified atom stereocenters. The summed E-state index contributed by atoms with van der Waals surface area (Å²) in [5, 5.41) is 0.646. The number of amides is 1. The highest BCUT2D eigenvalue weighted by atomic mass is 35.5. The van der Waals surface area contributed by atoms with E-state index < -0.39 is 0 Å². The number of nitrogens with one attached hydrogen (secondary N) is 1. The van der Waals surface area contributed by atoms with E-state index in [9.17, 15) is 4.79 Å². The van der Waals surface area contributed by atoms with Gasteiger partial charge in [-0.1, -0.05) is 35.3 Å². The highest BCUT2D eigenvalue weighted by Crippen LogP contribution is 2.23. The van der Waals surface area contributed by atoms with Crippen LogP contribution in [0.25, 0.3) is 0 Å². The van der Waals surface area contributed by atoms with Crippen molar-refractivity contribution in [3.8, 4) is 0 Å². The molecular formula is C16H19Cl2N3O. The van der Waals surface area contributed by atoms with Crippen LogP contribution in [0.3, 0.4) is 0 Å². The molecule has 1 N–H and O–H groups in total. The minimum atomic E-state index is -0.118. The number of anilines is 1. The molecule has 0 saturated carbocycles. The second-order valence-electron chi connectivity index (χ2n) is 5.23. The van der Waals surface area contributed by atoms with E-state index in [0.29, 0.717) is 23.8 Å². The van der Waals surface area contributed by atoms with Gasteiger partial charge in [-0.25, -0.2) is 0 Å². The molecule has 118 valence electrons. The summed E-state index contributed by atoms with van der Waals surface area (Å²) >= 11 is 11.8. The minimum absolute atomic E-state index is 0.118. The first-order valence-electron chi connectivity index (χ1n) is 7.02. The van der Waals surface area contributed by atoms with Crippen molar-refractivity contribution in [3.63, 3.8) is 0 Å². The molecular weight excluding hydrogens is 321 g/mol. The summed E-state index contributed by atoms with van der Waals surface area (Å²) in [7, 11) is 3.99. The van der Waals surface area contributed by atoms with Crippen molar-refractivity contribution < 1.29 is 4.79 Å². The van der Waals surface area contributed by atoms with Gasteiger partial charge in [0.2, 0.25) is 0 Å². The van der Waals surface area contributed by atoms with Crippen LogP contribution in [0.2, 0.25) is 10.2 Å². The van der Waals surface area contributed by atoms with E-state index in [2.05, 4.69) is 4.98 Å². The van der Waals surface area contributed by atoms with E-state index >= 15 is 0 Å². The Labute approximate surface area is 140 Å². The van der Waals surface area contributed by atoms with E-state index in [1.165, 1.54) is 0 Å². The van der Waals surface area contributed by atoms with Gasteiger partial charge in [-0.2, -0.15) is 0 Å². The molecule has 1 heterocycles. The number of halogens is 2. The molecule has 6 heteroatoms. The zero-order chi connectivity index (χ0) is 16.3. The molecule has 0 spiro atoms. The van der Waals surface area contributed by atoms with Crippen molar-refractivity contribution in [1.29, 1.82) is 0 Å². The van der Waals surface area contributed by atoms with Crippen LogP contribution < -0.4 is 4.90 Å². The molecule has 1 aromatic carbocycles. The molecule has 0 radical (unpaired) electrons. The van der Waals surface area contributed by atoms with Crippen LogP contribution in [0.15, 0.2) is 30.3 Å². The number of hydrogen-bond donors (Lipinski definition) is 1. The lowest BCUT2D eigenvalue weighted by atomic mass is 10.2. The standard InChI is InChI=1S/C16H19Cl2N3O/c1-4-21(16(22)14-9-13(17)15(18)19-14)10-11-5-7-12(8-6-11)20(2)3/h5-9,19H,4,10H2,1-3H3. The van der Waals surface area contributed by atoms with E-state index in [1.807, 2.05) is 50.2 Å². The number of aromatic amines is 1. The lowest BCUT2D eigenvalue weighted by Gasteiger charge is -2.21. The quantitative estimate of drug-likeness (QED) is 0.892. The molecule has 4 nitrogen and oxygen atoms in total. The van der Waals surface area contributed by atoms with Crippen LogP contribution in [-0.2, 0) is 6.54 Å². The average molecular weight is 340 g/mol. The Kier molecular flexibility index (Phi) is 5.37. The first-order valence-corrected chi connectivity index (χ1v) is 7.77. The number of carbonyl (C=O) groups is 1. The van der Waals surface area contributed by atoms with Crippen molar-refractivity contribution in [2.75, 3.05) is 25.5 Å². The van der Waals surface area contributed by atoms with Crippen molar-refractivity contribution in [1.82, 2.24) is 9.88 Å². The fraction of sp³-hybridized carbons (Fsp3) is 0.312. The van der Waals surface area contributed by atoms with Crippen LogP contribution in [0, 0.1) is 0 Å². The summed E-state index contributed by atoms with van der Waals surface area (Å²) < 4.78 is 0. The summed E-state index contributed by atoms with van der Waals surface area (Å²) in [5.74, 6) is -0.118. The van der Waals surface area contributed by atoms with Crippen molar-refractivity contribution in [3.05, 3.63) is 51.8 Å². The van der Waals surface area contributed by atoms with E-state index in [-0.39, 0.29) is 11.1 Å². The highest BCUT2D eigenvalue weighted by molar-refractivity contribution is 6.41. The van der Waals surface area contributed by atoms with Crippen LogP contribution in [0.4, 0.5) is 5.69 Å². The summed E-state index contributed by atoms with van der Waals surface area (Å²) in [6.07, 6.45) is 0. The molecule has 0 atom stereocenters. The molecule has 0 bridgehead atoms. The van der Waals surface area contributed by atoms with Gasteiger partial charge >= 0.3 is 0 Å². The summed E-state index contributed by atoms with van der Waals surface area (Å²) in [5.41, 5.74) is 2.60. The lowest BCUT2D eigenvalue weighted by molar-refractivity contribution is 0.0747. The van der Waals surface area contributed by atoms with Crippen LogP contribution >= 0.6 is 23.2 Å². The molecule has 2 rings (SSSR count). The maximum atomic E-state index is 12.5. The Bertz CT molecular complexity index is 630. The van der Waals surface area contributed by atoms with Gasteiger partial charge in [-0.05, 0) is 30.7 Å². The largest absolute Gasteiger partial charge is 0.378 e. The lowest BCUT2D eigenvalue weighted by Crippen LogP contribution is -2.30. The third-order valence-electron chi connectivity index (χ3n) is 3.45. The second kappa shape index (κ2) is 7.07. The number of hydrogen-bond acceptors (Lipinski definition) is 2. The fourth-order valence-electron chi connectivity index (χ4n) is 2.14. The number of aromatic nitrogens is 1. The first-order chi connectivity index (χ1) is 10.4. The van der Waals surface area contributed by atoms with Gasteiger partial charge in [-0.15, -0.1) is 0 Å². The molecule has 0 saturated heterocycles. The maximum Gasteiger partial charge on any atom is 0.270 e. The van der Waals surface area contributed by atoms with E-state index in [0.717, 1.165) is 11.3 Å². The molecule has 0 aliphatic heterocycles. The number of benzene rings is 1. The molecule has 0 aliphatic carbocycles. The molecule has 1 amide bonds. The summed E-state index contributed by atoms with van der Waals surface area (Å²) in [6.45, 7) is 3.08. The van der Waals surface area contributed by atoms with Gasteiger partial charge in [-0.3, -0.25) is 4.79 Å². The number of carbonyl (C=O) groups excluding carboxylic acids is 1. The second-order valence-corrected chi connectivity index (χ2v) is 6.01. The maximum absolute atomic E-state index is 12.5. The number of H-pyrrole nitrogens is 1. The topological polar surface area (TPSA) is 39.3 Å². The number of rotatable bonds is 5. The fourth-order valence-corrected chi connectivity index (χ4v) is 2.45. The molecule has 1 aromatic heterocycles. The SMILES string of the molecule is CCN(Cc1ccc(N(C)C)cc1)C(=O)c1cc(Cl)c(Cl)[nH]1. The van der Waals surface area contributed by atoms with Gasteiger partial charge < -0.3 is 14.8 Å². The molecule has 2 aromatic rings. The Morgan fingerprint density at radius 2 is 1.82 bits per heavy atom. The smallest absolute Gasteiger partial charge is 0.270 e. The zero-order valence-corrected chi connectivity index (χ0v) is 14.4. The third-order valence-corrected chi connectivity index (χ3v) is 4.14. The van der Waals surface area contributed by atoms with Gasteiger partial charge in [0.1, 0.15) is 10.8 Å². The summed E-state index contributed by atoms with van der Waals surface area (Å²) in [6, 6.07) is 9.69. The van der Waals surface area contributed by atoms with Crippen LogP contribution in [-0.4, -0.2) is 36.4 Å². The van der Waals surface area contributed by atoms with Gasteiger partial charge in [0.15, 0.2) is 0 Å². The normalized spacial score (nSPS) is 10.6. The van der Waals surface area contributed by atoms with Gasteiger partial charge in [0.05, 0.1) is 5.02 Å². The Hall–Kier alpha value is -1.65. The summed E-state index contributed by atoms with van der Waals surface area (Å²) in [4.78, 5) is 19.1. The van der Waals surface area contributed by atoms with Crippen LogP contribution in [0.1, 0.15) is 23.0 Å². The Balaban J connectivity index is 2.12. The average Bonchev–Trinajstić information content (AvgIpc) is 2.84. The van der Waals surface area contributed by atoms with E-state index in [4.69, 9.17) is 23.2 Å². The molecule has 0 fully saturated rings. The third kappa shape index (κ3) is 3.76. The molecule has 22 heavy (non-hydrogen) atoms. The molecule has 0 aliphatic rings. The van der Waals surface area contributed by atoms with Crippen molar-refractivity contribution in [2.24, 2.45) is 0 Å². The van der Waals surface area contributed by atoms with Gasteiger partial charge in [0, 0.05) is 32.9 Å². The Morgan fingerprint density at radius 1 is 1.18 bits per heavy atom. The predicted molar refractivity (Wildman–Crippen MR) is 92.0 cm³/mol. The predicted octanol–water partition coefficient (Wildman–Crippen LogP) is 4.05. The van der Waals surface area contributed by atoms with E-state index in [1.54, 1.807) is 11.0 Å². The number of nitrogens with zero attached hydrogens (tertiary/aromatic N) is 2. The Morgan fingerprint density at radius 3 is 2.27 bits per heavy atom. The van der Waals surface area contributed by atoms with Crippen molar-refractivity contribution >= 4 is 34.8 Å². The minimum Gasteiger partial charge on any atom is -0.378 e. The van der Waals surface area contributed by atoms with Gasteiger partial charge in [0.25, 0.3) is 5.91 Å². The first kappa shape index (κ1) is 16.7. The van der Waals surface area contributed by atoms with Crippen molar-refractivity contribution in [2.45, 2.75) is 13.5 Å². The highest BCUT2D eigenvalue weighted by Gasteiger charge is 2.18. The monoisotopic (exact) mass is 339 g/mol. The van der Waals surface area contributed by atoms with Crippen LogP contribution in [0.5, 0.6) is 0 Å². The zero-order valence-electron chi connectivity index (χ0n) is 12.9.